The molecule has 0 aliphatic carbocycles. The predicted octanol–water partition coefficient (Wildman–Crippen LogP) is 3.04. The van der Waals surface area contributed by atoms with Crippen LogP contribution in [0.15, 0.2) is 48.5 Å². The molecule has 21 heavy (non-hydrogen) atoms. The van der Waals surface area contributed by atoms with E-state index in [1.165, 1.54) is 7.11 Å². The number of rotatable bonds is 5. The molecule has 1 N–H and O–H groups in total. The molecule has 0 radical (unpaired) electrons. The van der Waals surface area contributed by atoms with E-state index in [1.807, 2.05) is 31.2 Å². The highest BCUT2D eigenvalue weighted by Crippen LogP contribution is 2.23. The zero-order chi connectivity index (χ0) is 15.2. The standard InChI is InChI=1S/C17H18O4/c1-12-5-3-8-15(9-12)21-11-16(17(19)20-2)13-6-4-7-14(18)10-13/h3-10,16,18H,11H2,1-2H3. The Balaban J connectivity index is 2.16. The fourth-order valence-corrected chi connectivity index (χ4v) is 2.07. The zero-order valence-corrected chi connectivity index (χ0v) is 12.1. The van der Waals surface area contributed by atoms with Crippen molar-refractivity contribution in [1.29, 1.82) is 0 Å². The van der Waals surface area contributed by atoms with Crippen molar-refractivity contribution in [2.24, 2.45) is 0 Å². The second-order valence-corrected chi connectivity index (χ2v) is 4.80. The summed E-state index contributed by atoms with van der Waals surface area (Å²) < 4.78 is 10.5. The van der Waals surface area contributed by atoms with E-state index in [0.29, 0.717) is 11.3 Å². The SMILES string of the molecule is COC(=O)C(COc1cccc(C)c1)c1cccc(O)c1. The summed E-state index contributed by atoms with van der Waals surface area (Å²) in [6, 6.07) is 14.2. The van der Waals surface area contributed by atoms with Crippen molar-refractivity contribution in [1.82, 2.24) is 0 Å². The molecule has 0 amide bonds. The van der Waals surface area contributed by atoms with Crippen molar-refractivity contribution in [3.63, 3.8) is 0 Å². The summed E-state index contributed by atoms with van der Waals surface area (Å²) in [6.07, 6.45) is 0. The van der Waals surface area contributed by atoms with Crippen LogP contribution in [0.25, 0.3) is 0 Å². The number of carbonyl (C=O) groups is 1. The normalized spacial score (nSPS) is 11.7. The second-order valence-electron chi connectivity index (χ2n) is 4.80. The van der Waals surface area contributed by atoms with Crippen LogP contribution in [0.2, 0.25) is 0 Å². The number of phenols is 1. The van der Waals surface area contributed by atoms with Crippen LogP contribution in [0, 0.1) is 6.92 Å². The van der Waals surface area contributed by atoms with E-state index >= 15 is 0 Å². The topological polar surface area (TPSA) is 55.8 Å². The lowest BCUT2D eigenvalue weighted by atomic mass is 10.00. The van der Waals surface area contributed by atoms with Crippen LogP contribution in [0.3, 0.4) is 0 Å². The summed E-state index contributed by atoms with van der Waals surface area (Å²) >= 11 is 0. The Bertz CT molecular complexity index is 622. The molecule has 2 aromatic carbocycles. The molecule has 4 nitrogen and oxygen atoms in total. The number of esters is 1. The molecule has 2 aromatic rings. The van der Waals surface area contributed by atoms with Gasteiger partial charge in [-0.3, -0.25) is 4.79 Å². The number of carbonyl (C=O) groups excluding carboxylic acids is 1. The average molecular weight is 286 g/mol. The number of benzene rings is 2. The molecule has 0 aliphatic heterocycles. The summed E-state index contributed by atoms with van der Waals surface area (Å²) in [5.74, 6) is -0.170. The lowest BCUT2D eigenvalue weighted by molar-refractivity contribution is -0.143. The first-order valence-corrected chi connectivity index (χ1v) is 6.66. The number of ether oxygens (including phenoxy) is 2. The predicted molar refractivity (Wildman–Crippen MR) is 79.5 cm³/mol. The number of phenolic OH excluding ortho intramolecular Hbond substituents is 1. The van der Waals surface area contributed by atoms with E-state index in [2.05, 4.69) is 0 Å². The van der Waals surface area contributed by atoms with Crippen LogP contribution >= 0.6 is 0 Å². The quantitative estimate of drug-likeness (QED) is 0.858. The van der Waals surface area contributed by atoms with Crippen LogP contribution in [0.1, 0.15) is 17.0 Å². The van der Waals surface area contributed by atoms with E-state index in [0.717, 1.165) is 5.56 Å². The maximum atomic E-state index is 11.9. The fraction of sp³-hybridized carbons (Fsp3) is 0.235. The Morgan fingerprint density at radius 3 is 2.62 bits per heavy atom. The maximum absolute atomic E-state index is 11.9. The Morgan fingerprint density at radius 2 is 1.95 bits per heavy atom. The lowest BCUT2D eigenvalue weighted by Gasteiger charge is -2.16. The van der Waals surface area contributed by atoms with E-state index in [1.54, 1.807) is 24.3 Å². The number of hydrogen-bond donors (Lipinski definition) is 1. The molecule has 0 saturated heterocycles. The zero-order valence-electron chi connectivity index (χ0n) is 12.1. The summed E-state index contributed by atoms with van der Waals surface area (Å²) in [5.41, 5.74) is 1.74. The Morgan fingerprint density at radius 1 is 1.19 bits per heavy atom. The van der Waals surface area contributed by atoms with Crippen LogP contribution in [0.4, 0.5) is 0 Å². The lowest BCUT2D eigenvalue weighted by Crippen LogP contribution is -2.21. The first-order valence-electron chi connectivity index (χ1n) is 6.66. The molecule has 4 heteroatoms. The smallest absolute Gasteiger partial charge is 0.316 e. The first-order chi connectivity index (χ1) is 10.1. The number of aryl methyl sites for hydroxylation is 1. The largest absolute Gasteiger partial charge is 0.508 e. The van der Waals surface area contributed by atoms with Crippen molar-refractivity contribution in [3.8, 4) is 11.5 Å². The molecule has 110 valence electrons. The molecule has 1 atom stereocenters. The molecule has 0 heterocycles. The van der Waals surface area contributed by atoms with Crippen molar-refractivity contribution >= 4 is 5.97 Å². The van der Waals surface area contributed by atoms with Gasteiger partial charge in [0.1, 0.15) is 24.0 Å². The van der Waals surface area contributed by atoms with E-state index in [-0.39, 0.29) is 12.4 Å². The van der Waals surface area contributed by atoms with Crippen LogP contribution in [0.5, 0.6) is 11.5 Å². The second kappa shape index (κ2) is 6.79. The minimum Gasteiger partial charge on any atom is -0.508 e. The molecule has 1 unspecified atom stereocenters. The van der Waals surface area contributed by atoms with Gasteiger partial charge in [-0.15, -0.1) is 0 Å². The van der Waals surface area contributed by atoms with Gasteiger partial charge < -0.3 is 14.6 Å². The van der Waals surface area contributed by atoms with Crippen LogP contribution in [-0.4, -0.2) is 24.8 Å². The monoisotopic (exact) mass is 286 g/mol. The molecule has 0 aliphatic rings. The molecule has 2 rings (SSSR count). The molecular formula is C17H18O4. The fourth-order valence-electron chi connectivity index (χ4n) is 2.07. The van der Waals surface area contributed by atoms with Gasteiger partial charge in [0, 0.05) is 0 Å². The Hall–Kier alpha value is -2.49. The summed E-state index contributed by atoms with van der Waals surface area (Å²) in [6.45, 7) is 2.12. The molecule has 0 fully saturated rings. The maximum Gasteiger partial charge on any atom is 0.316 e. The van der Waals surface area contributed by atoms with Gasteiger partial charge in [0.25, 0.3) is 0 Å². The first kappa shape index (κ1) is 14.9. The van der Waals surface area contributed by atoms with E-state index in [4.69, 9.17) is 9.47 Å². The van der Waals surface area contributed by atoms with Gasteiger partial charge in [0.2, 0.25) is 0 Å². The van der Waals surface area contributed by atoms with Gasteiger partial charge in [0.05, 0.1) is 7.11 Å². The highest BCUT2D eigenvalue weighted by molar-refractivity contribution is 5.78. The number of hydrogen-bond acceptors (Lipinski definition) is 4. The third kappa shape index (κ3) is 3.99. The van der Waals surface area contributed by atoms with E-state index < -0.39 is 11.9 Å². The van der Waals surface area contributed by atoms with Gasteiger partial charge in [-0.1, -0.05) is 24.3 Å². The van der Waals surface area contributed by atoms with Gasteiger partial charge in [0.15, 0.2) is 0 Å². The van der Waals surface area contributed by atoms with Crippen molar-refractivity contribution < 1.29 is 19.4 Å². The van der Waals surface area contributed by atoms with Crippen molar-refractivity contribution in [2.75, 3.05) is 13.7 Å². The van der Waals surface area contributed by atoms with Gasteiger partial charge in [-0.05, 0) is 42.3 Å². The number of aromatic hydroxyl groups is 1. The van der Waals surface area contributed by atoms with Gasteiger partial charge >= 0.3 is 5.97 Å². The molecule has 0 aromatic heterocycles. The van der Waals surface area contributed by atoms with Gasteiger partial charge in [-0.2, -0.15) is 0 Å². The molecule has 0 bridgehead atoms. The average Bonchev–Trinajstić information content (AvgIpc) is 2.47. The highest BCUT2D eigenvalue weighted by Gasteiger charge is 2.22. The van der Waals surface area contributed by atoms with Gasteiger partial charge in [-0.25, -0.2) is 0 Å². The third-order valence-electron chi connectivity index (χ3n) is 3.16. The minimum absolute atomic E-state index is 0.108. The third-order valence-corrected chi connectivity index (χ3v) is 3.16. The van der Waals surface area contributed by atoms with Crippen molar-refractivity contribution in [3.05, 3.63) is 59.7 Å². The Labute approximate surface area is 123 Å². The summed E-state index contributed by atoms with van der Waals surface area (Å²) in [5, 5.41) is 9.55. The van der Waals surface area contributed by atoms with E-state index in [9.17, 15) is 9.90 Å². The van der Waals surface area contributed by atoms with Crippen LogP contribution < -0.4 is 4.74 Å². The Kier molecular flexibility index (Phi) is 4.82. The molecular weight excluding hydrogens is 268 g/mol. The molecule has 0 saturated carbocycles. The molecule has 0 spiro atoms. The van der Waals surface area contributed by atoms with Crippen LogP contribution in [-0.2, 0) is 9.53 Å². The summed E-state index contributed by atoms with van der Waals surface area (Å²) in [4.78, 5) is 11.9. The van der Waals surface area contributed by atoms with Crippen molar-refractivity contribution in [2.45, 2.75) is 12.8 Å². The minimum atomic E-state index is -0.581. The number of methoxy groups -OCH3 is 1. The highest BCUT2D eigenvalue weighted by atomic mass is 16.5. The summed E-state index contributed by atoms with van der Waals surface area (Å²) in [7, 11) is 1.34.